The maximum absolute atomic E-state index is 12.5. The van der Waals surface area contributed by atoms with Gasteiger partial charge in [-0.15, -0.1) is 0 Å². The lowest BCUT2D eigenvalue weighted by atomic mass is 10.2. The molecule has 0 atom stereocenters. The number of carbonyl (C=O) groups excluding carboxylic acids is 1. The number of amides is 1. The van der Waals surface area contributed by atoms with E-state index < -0.39 is 0 Å². The van der Waals surface area contributed by atoms with E-state index in [1.165, 1.54) is 11.8 Å². The molecule has 1 aromatic carbocycles. The standard InChI is InChI=1S/C18H24N2O4/c1-22-16-5-3-15(4-6-16)13-19-7-2-8-20(10-9-19)18(21)17-14-23-11-12-24-17/h3-6,14H,2,7-13H2,1H3. The first kappa shape index (κ1) is 16.6. The Balaban J connectivity index is 1.54. The number of hydrogen-bond donors (Lipinski definition) is 0. The van der Waals surface area contributed by atoms with Crippen LogP contribution in [-0.2, 0) is 20.8 Å². The van der Waals surface area contributed by atoms with Gasteiger partial charge in [0.1, 0.15) is 25.2 Å². The van der Waals surface area contributed by atoms with E-state index in [9.17, 15) is 4.79 Å². The molecule has 24 heavy (non-hydrogen) atoms. The lowest BCUT2D eigenvalue weighted by Crippen LogP contribution is -2.37. The van der Waals surface area contributed by atoms with E-state index in [1.807, 2.05) is 17.0 Å². The van der Waals surface area contributed by atoms with E-state index in [-0.39, 0.29) is 5.91 Å². The zero-order valence-electron chi connectivity index (χ0n) is 14.1. The Morgan fingerprint density at radius 3 is 2.67 bits per heavy atom. The first-order chi connectivity index (χ1) is 11.8. The van der Waals surface area contributed by atoms with E-state index in [0.29, 0.717) is 25.5 Å². The lowest BCUT2D eigenvalue weighted by Gasteiger charge is -2.24. The van der Waals surface area contributed by atoms with Crippen molar-refractivity contribution in [3.05, 3.63) is 41.9 Å². The number of hydrogen-bond acceptors (Lipinski definition) is 5. The third kappa shape index (κ3) is 4.20. The van der Waals surface area contributed by atoms with E-state index in [4.69, 9.17) is 14.2 Å². The highest BCUT2D eigenvalue weighted by Crippen LogP contribution is 2.15. The van der Waals surface area contributed by atoms with Crippen LogP contribution < -0.4 is 4.74 Å². The fourth-order valence-electron chi connectivity index (χ4n) is 2.96. The summed E-state index contributed by atoms with van der Waals surface area (Å²) >= 11 is 0. The van der Waals surface area contributed by atoms with Crippen LogP contribution >= 0.6 is 0 Å². The maximum atomic E-state index is 12.5. The lowest BCUT2D eigenvalue weighted by molar-refractivity contribution is -0.132. The van der Waals surface area contributed by atoms with Gasteiger partial charge < -0.3 is 19.1 Å². The first-order valence-corrected chi connectivity index (χ1v) is 8.35. The zero-order valence-corrected chi connectivity index (χ0v) is 14.1. The van der Waals surface area contributed by atoms with Gasteiger partial charge in [-0.2, -0.15) is 0 Å². The van der Waals surface area contributed by atoms with E-state index in [0.717, 1.165) is 38.3 Å². The van der Waals surface area contributed by atoms with Gasteiger partial charge in [0.25, 0.3) is 5.91 Å². The van der Waals surface area contributed by atoms with Crippen molar-refractivity contribution in [2.75, 3.05) is 46.5 Å². The van der Waals surface area contributed by atoms with Crippen molar-refractivity contribution in [1.82, 2.24) is 9.80 Å². The van der Waals surface area contributed by atoms with Crippen molar-refractivity contribution in [3.8, 4) is 5.75 Å². The van der Waals surface area contributed by atoms with Gasteiger partial charge in [0.2, 0.25) is 5.76 Å². The largest absolute Gasteiger partial charge is 0.497 e. The van der Waals surface area contributed by atoms with Crippen LogP contribution in [0.1, 0.15) is 12.0 Å². The van der Waals surface area contributed by atoms with Gasteiger partial charge in [0.15, 0.2) is 0 Å². The highest BCUT2D eigenvalue weighted by Gasteiger charge is 2.24. The molecule has 0 spiro atoms. The van der Waals surface area contributed by atoms with Gasteiger partial charge in [0.05, 0.1) is 7.11 Å². The number of carbonyl (C=O) groups is 1. The summed E-state index contributed by atoms with van der Waals surface area (Å²) in [4.78, 5) is 16.7. The molecule has 1 aromatic rings. The second-order valence-corrected chi connectivity index (χ2v) is 5.97. The molecule has 0 N–H and O–H groups in total. The molecule has 0 aromatic heterocycles. The number of methoxy groups -OCH3 is 1. The molecular weight excluding hydrogens is 308 g/mol. The molecule has 6 heteroatoms. The summed E-state index contributed by atoms with van der Waals surface area (Å²) in [5.41, 5.74) is 1.25. The molecule has 0 radical (unpaired) electrons. The van der Waals surface area contributed by atoms with E-state index in [2.05, 4.69) is 17.0 Å². The Hall–Kier alpha value is -2.21. The van der Waals surface area contributed by atoms with Crippen LogP contribution in [0.15, 0.2) is 36.3 Å². The average Bonchev–Trinajstić information content (AvgIpc) is 2.88. The van der Waals surface area contributed by atoms with Crippen LogP contribution in [0.4, 0.5) is 0 Å². The van der Waals surface area contributed by atoms with Crippen molar-refractivity contribution < 1.29 is 19.0 Å². The molecule has 0 bridgehead atoms. The Morgan fingerprint density at radius 1 is 1.12 bits per heavy atom. The fraction of sp³-hybridized carbons (Fsp3) is 0.500. The van der Waals surface area contributed by atoms with Crippen LogP contribution in [0.2, 0.25) is 0 Å². The normalized spacial score (nSPS) is 18.9. The molecule has 130 valence electrons. The second kappa shape index (κ2) is 8.06. The van der Waals surface area contributed by atoms with Crippen LogP contribution in [0.3, 0.4) is 0 Å². The fourth-order valence-corrected chi connectivity index (χ4v) is 2.96. The van der Waals surface area contributed by atoms with E-state index in [1.54, 1.807) is 7.11 Å². The molecular formula is C18H24N2O4. The smallest absolute Gasteiger partial charge is 0.292 e. The number of ether oxygens (including phenoxy) is 3. The SMILES string of the molecule is COc1ccc(CN2CCCN(C(=O)C3=COCCO3)CC2)cc1. The summed E-state index contributed by atoms with van der Waals surface area (Å²) in [5, 5.41) is 0. The number of benzene rings is 1. The monoisotopic (exact) mass is 332 g/mol. The van der Waals surface area contributed by atoms with Crippen LogP contribution in [-0.4, -0.2) is 62.2 Å². The third-order valence-electron chi connectivity index (χ3n) is 4.30. The highest BCUT2D eigenvalue weighted by molar-refractivity contribution is 5.91. The number of rotatable bonds is 4. The van der Waals surface area contributed by atoms with Crippen molar-refractivity contribution in [1.29, 1.82) is 0 Å². The third-order valence-corrected chi connectivity index (χ3v) is 4.30. The van der Waals surface area contributed by atoms with Gasteiger partial charge in [0, 0.05) is 32.7 Å². The summed E-state index contributed by atoms with van der Waals surface area (Å²) in [5.74, 6) is 1.13. The van der Waals surface area contributed by atoms with Gasteiger partial charge in [-0.25, -0.2) is 0 Å². The Morgan fingerprint density at radius 2 is 1.96 bits per heavy atom. The Bertz CT molecular complexity index is 585. The quantitative estimate of drug-likeness (QED) is 0.839. The Kier molecular flexibility index (Phi) is 5.59. The van der Waals surface area contributed by atoms with Crippen molar-refractivity contribution in [2.24, 2.45) is 0 Å². The van der Waals surface area contributed by atoms with Gasteiger partial charge in [-0.1, -0.05) is 12.1 Å². The second-order valence-electron chi connectivity index (χ2n) is 5.97. The molecule has 1 saturated heterocycles. The van der Waals surface area contributed by atoms with Crippen molar-refractivity contribution in [3.63, 3.8) is 0 Å². The molecule has 6 nitrogen and oxygen atoms in total. The zero-order chi connectivity index (χ0) is 16.8. The van der Waals surface area contributed by atoms with E-state index >= 15 is 0 Å². The minimum absolute atomic E-state index is 0.0685. The molecule has 0 saturated carbocycles. The molecule has 1 amide bonds. The molecule has 0 aliphatic carbocycles. The molecule has 1 fully saturated rings. The van der Waals surface area contributed by atoms with Gasteiger partial charge in [-0.05, 0) is 24.1 Å². The summed E-state index contributed by atoms with van der Waals surface area (Å²) in [6, 6.07) is 8.14. The van der Waals surface area contributed by atoms with Gasteiger partial charge in [-0.3, -0.25) is 9.69 Å². The van der Waals surface area contributed by atoms with Crippen LogP contribution in [0, 0.1) is 0 Å². The molecule has 2 heterocycles. The van der Waals surface area contributed by atoms with Crippen LogP contribution in [0.25, 0.3) is 0 Å². The summed E-state index contributed by atoms with van der Waals surface area (Å²) < 4.78 is 15.8. The van der Waals surface area contributed by atoms with Crippen molar-refractivity contribution >= 4 is 5.91 Å². The number of nitrogens with zero attached hydrogens (tertiary/aromatic N) is 2. The molecule has 2 aliphatic rings. The summed E-state index contributed by atoms with van der Waals surface area (Å²) in [6.07, 6.45) is 2.39. The molecule has 0 unspecified atom stereocenters. The average molecular weight is 332 g/mol. The predicted molar refractivity (Wildman–Crippen MR) is 89.5 cm³/mol. The topological polar surface area (TPSA) is 51.2 Å². The summed E-state index contributed by atoms with van der Waals surface area (Å²) in [7, 11) is 1.67. The van der Waals surface area contributed by atoms with Crippen LogP contribution in [0.5, 0.6) is 5.75 Å². The van der Waals surface area contributed by atoms with Crippen molar-refractivity contribution in [2.45, 2.75) is 13.0 Å². The van der Waals surface area contributed by atoms with Gasteiger partial charge >= 0.3 is 0 Å². The Labute approximate surface area is 142 Å². The summed E-state index contributed by atoms with van der Waals surface area (Å²) in [6.45, 7) is 5.11. The molecule has 2 aliphatic heterocycles. The minimum atomic E-state index is -0.0685. The minimum Gasteiger partial charge on any atom is -0.497 e. The molecule has 3 rings (SSSR count). The first-order valence-electron chi connectivity index (χ1n) is 8.35. The predicted octanol–water partition coefficient (Wildman–Crippen LogP) is 1.62. The highest BCUT2D eigenvalue weighted by atomic mass is 16.6. The maximum Gasteiger partial charge on any atom is 0.292 e.